The van der Waals surface area contributed by atoms with E-state index in [0.717, 1.165) is 43.0 Å². The highest BCUT2D eigenvalue weighted by Gasteiger charge is 2.24. The summed E-state index contributed by atoms with van der Waals surface area (Å²) in [5.41, 5.74) is 6.13. The van der Waals surface area contributed by atoms with Gasteiger partial charge in [0.1, 0.15) is 5.82 Å². The molecule has 2 atom stereocenters. The summed E-state index contributed by atoms with van der Waals surface area (Å²) in [5, 5.41) is 3.81. The van der Waals surface area contributed by atoms with Crippen LogP contribution in [0.2, 0.25) is 0 Å². The molecule has 1 aliphatic carbocycles. The van der Waals surface area contributed by atoms with E-state index in [4.69, 9.17) is 9.97 Å². The lowest BCUT2D eigenvalue weighted by molar-refractivity contribution is 0.194. The Hall–Kier alpha value is -2.24. The molecular formula is C25H33N5. The van der Waals surface area contributed by atoms with E-state index in [1.807, 2.05) is 0 Å². The number of pyridine rings is 1. The molecule has 1 saturated heterocycles. The highest BCUT2D eigenvalue weighted by atomic mass is 15.1. The fourth-order valence-electron chi connectivity index (χ4n) is 5.31. The first-order valence-electron chi connectivity index (χ1n) is 11.5. The number of rotatable bonds is 5. The predicted molar refractivity (Wildman–Crippen MR) is 121 cm³/mol. The molecular weight excluding hydrogens is 370 g/mol. The van der Waals surface area contributed by atoms with Gasteiger partial charge < -0.3 is 14.8 Å². The number of imidazole rings is 1. The van der Waals surface area contributed by atoms with Crippen molar-refractivity contribution < 1.29 is 0 Å². The molecule has 0 amide bonds. The Morgan fingerprint density at radius 3 is 2.87 bits per heavy atom. The summed E-state index contributed by atoms with van der Waals surface area (Å²) in [6.07, 6.45) is 6.13. The Morgan fingerprint density at radius 1 is 1.07 bits per heavy atom. The molecule has 0 bridgehead atoms. The van der Waals surface area contributed by atoms with E-state index in [0.29, 0.717) is 12.0 Å². The summed E-state index contributed by atoms with van der Waals surface area (Å²) in [4.78, 5) is 12.4. The van der Waals surface area contributed by atoms with Crippen molar-refractivity contribution in [3.8, 4) is 0 Å². The average molecular weight is 404 g/mol. The smallest absolute Gasteiger partial charge is 0.123 e. The summed E-state index contributed by atoms with van der Waals surface area (Å²) < 4.78 is 2.47. The van der Waals surface area contributed by atoms with Gasteiger partial charge in [0.05, 0.1) is 29.3 Å². The zero-order chi connectivity index (χ0) is 20.5. The molecule has 158 valence electrons. The van der Waals surface area contributed by atoms with E-state index in [-0.39, 0.29) is 0 Å². The Bertz CT molecular complexity index is 1020. The number of nitrogens with zero attached hydrogens (tertiary/aromatic N) is 4. The molecule has 5 rings (SSSR count). The van der Waals surface area contributed by atoms with Crippen LogP contribution >= 0.6 is 0 Å². The molecule has 1 aliphatic heterocycles. The maximum atomic E-state index is 5.02. The number of para-hydroxylation sites is 2. The molecule has 30 heavy (non-hydrogen) atoms. The zero-order valence-corrected chi connectivity index (χ0v) is 18.3. The second kappa shape index (κ2) is 8.48. The molecule has 0 spiro atoms. The van der Waals surface area contributed by atoms with Gasteiger partial charge in [0.25, 0.3) is 0 Å². The molecule has 5 nitrogen and oxygen atoms in total. The van der Waals surface area contributed by atoms with Gasteiger partial charge in [0.15, 0.2) is 0 Å². The Labute approximate surface area is 179 Å². The second-order valence-electron chi connectivity index (χ2n) is 9.22. The maximum absolute atomic E-state index is 5.02. The van der Waals surface area contributed by atoms with Gasteiger partial charge in [0, 0.05) is 18.8 Å². The number of likely N-dealkylation sites (tertiary alicyclic amines) is 1. The quantitative estimate of drug-likeness (QED) is 0.692. The van der Waals surface area contributed by atoms with Crippen LogP contribution in [0.25, 0.3) is 11.0 Å². The topological polar surface area (TPSA) is 46.0 Å². The summed E-state index contributed by atoms with van der Waals surface area (Å²) in [7, 11) is 2.25. The van der Waals surface area contributed by atoms with Crippen LogP contribution in [0.5, 0.6) is 0 Å². The third kappa shape index (κ3) is 4.01. The fourth-order valence-corrected chi connectivity index (χ4v) is 5.31. The van der Waals surface area contributed by atoms with Gasteiger partial charge in [-0.2, -0.15) is 0 Å². The number of fused-ring (bicyclic) bond motifs is 2. The number of nitrogens with one attached hydrogen (secondary N) is 1. The van der Waals surface area contributed by atoms with Gasteiger partial charge in [0.2, 0.25) is 0 Å². The molecule has 5 heteroatoms. The van der Waals surface area contributed by atoms with Crippen LogP contribution in [-0.4, -0.2) is 39.6 Å². The third-order valence-electron chi connectivity index (χ3n) is 6.82. The van der Waals surface area contributed by atoms with Crippen molar-refractivity contribution in [2.45, 2.75) is 58.2 Å². The average Bonchev–Trinajstić information content (AvgIpc) is 3.10. The number of aryl methyl sites for hydroxylation is 2. The molecule has 0 radical (unpaired) electrons. The Morgan fingerprint density at radius 2 is 1.97 bits per heavy atom. The first-order chi connectivity index (χ1) is 14.7. The van der Waals surface area contributed by atoms with Crippen molar-refractivity contribution in [2.24, 2.45) is 5.92 Å². The van der Waals surface area contributed by atoms with Crippen LogP contribution in [-0.2, 0) is 19.5 Å². The van der Waals surface area contributed by atoms with Crippen LogP contribution < -0.4 is 5.32 Å². The third-order valence-corrected chi connectivity index (χ3v) is 6.82. The van der Waals surface area contributed by atoms with Gasteiger partial charge in [-0.15, -0.1) is 0 Å². The van der Waals surface area contributed by atoms with Crippen molar-refractivity contribution in [2.75, 3.05) is 20.1 Å². The lowest BCUT2D eigenvalue weighted by Gasteiger charge is -2.30. The van der Waals surface area contributed by atoms with Crippen molar-refractivity contribution in [1.29, 1.82) is 0 Å². The summed E-state index contributed by atoms with van der Waals surface area (Å²) in [5.74, 6) is 1.85. The minimum absolute atomic E-state index is 0.322. The lowest BCUT2D eigenvalue weighted by Crippen LogP contribution is -2.34. The van der Waals surface area contributed by atoms with E-state index < -0.39 is 0 Å². The van der Waals surface area contributed by atoms with Crippen LogP contribution in [0.3, 0.4) is 0 Å². The maximum Gasteiger partial charge on any atom is 0.123 e. The number of hydrogen-bond acceptors (Lipinski definition) is 4. The van der Waals surface area contributed by atoms with Crippen LogP contribution in [0.4, 0.5) is 0 Å². The monoisotopic (exact) mass is 403 g/mol. The largest absolute Gasteiger partial charge is 0.327 e. The Balaban J connectivity index is 1.39. The van der Waals surface area contributed by atoms with Gasteiger partial charge >= 0.3 is 0 Å². The van der Waals surface area contributed by atoms with Crippen LogP contribution in [0.15, 0.2) is 36.4 Å². The van der Waals surface area contributed by atoms with Gasteiger partial charge in [-0.25, -0.2) is 4.98 Å². The molecule has 1 N–H and O–H groups in total. The molecule has 1 aromatic carbocycles. The number of aromatic nitrogens is 3. The molecule has 2 unspecified atom stereocenters. The first kappa shape index (κ1) is 19.7. The number of benzene rings is 1. The molecule has 2 aliphatic rings. The van der Waals surface area contributed by atoms with Gasteiger partial charge in [-0.3, -0.25) is 4.98 Å². The van der Waals surface area contributed by atoms with Gasteiger partial charge in [-0.05, 0) is 82.3 Å². The molecule has 2 aromatic heterocycles. The summed E-state index contributed by atoms with van der Waals surface area (Å²) in [6, 6.07) is 13.3. The minimum Gasteiger partial charge on any atom is -0.327 e. The van der Waals surface area contributed by atoms with Crippen molar-refractivity contribution >= 4 is 11.0 Å². The number of hydrogen-bond donors (Lipinski definition) is 1. The molecule has 3 heterocycles. The highest BCUT2D eigenvalue weighted by Crippen LogP contribution is 2.29. The SMILES string of the molecule is Cc1ccc2c(n1)C(NCc1nc3ccccc3n1CC1CCCN(C)C1)CCC2. The van der Waals surface area contributed by atoms with Crippen LogP contribution in [0.1, 0.15) is 54.5 Å². The fraction of sp³-hybridized carbons (Fsp3) is 0.520. The molecule has 1 fully saturated rings. The standard InChI is InChI=1S/C25H33N5/c1-18-12-13-20-8-5-10-22(25(20)27-18)26-15-24-28-21-9-3-4-11-23(21)30(24)17-19-7-6-14-29(2)16-19/h3-4,9,11-13,19,22,26H,5-8,10,14-17H2,1-2H3. The zero-order valence-electron chi connectivity index (χ0n) is 18.3. The van der Waals surface area contributed by atoms with Gasteiger partial charge in [-0.1, -0.05) is 18.2 Å². The van der Waals surface area contributed by atoms with E-state index in [9.17, 15) is 0 Å². The summed E-state index contributed by atoms with van der Waals surface area (Å²) >= 11 is 0. The van der Waals surface area contributed by atoms with Crippen LogP contribution in [0, 0.1) is 12.8 Å². The number of piperidine rings is 1. The summed E-state index contributed by atoms with van der Waals surface area (Å²) in [6.45, 7) is 6.34. The normalized spacial score (nSPS) is 22.3. The molecule has 3 aromatic rings. The molecule has 0 saturated carbocycles. The predicted octanol–water partition coefficient (Wildman–Crippen LogP) is 4.25. The second-order valence-corrected chi connectivity index (χ2v) is 9.22. The van der Waals surface area contributed by atoms with E-state index in [2.05, 4.69) is 65.2 Å². The Kier molecular flexibility index (Phi) is 5.57. The first-order valence-corrected chi connectivity index (χ1v) is 11.5. The van der Waals surface area contributed by atoms with E-state index >= 15 is 0 Å². The lowest BCUT2D eigenvalue weighted by atomic mass is 9.91. The van der Waals surface area contributed by atoms with Crippen molar-refractivity contribution in [3.63, 3.8) is 0 Å². The van der Waals surface area contributed by atoms with E-state index in [1.165, 1.54) is 49.1 Å². The van der Waals surface area contributed by atoms with Crippen molar-refractivity contribution in [1.82, 2.24) is 24.8 Å². The van der Waals surface area contributed by atoms with Crippen molar-refractivity contribution in [3.05, 3.63) is 59.2 Å². The highest BCUT2D eigenvalue weighted by molar-refractivity contribution is 5.75. The van der Waals surface area contributed by atoms with E-state index in [1.54, 1.807) is 0 Å². The minimum atomic E-state index is 0.322.